The Morgan fingerprint density at radius 1 is 1.24 bits per heavy atom. The zero-order valence-electron chi connectivity index (χ0n) is 15.2. The summed E-state index contributed by atoms with van der Waals surface area (Å²) in [6.45, 7) is 4.31. The SMILES string of the molecule is CC1(C)Cc2ccc(C=NO)cc2C(=CC(=O)C2CCCCCC2)N1. The maximum atomic E-state index is 12.9. The maximum absolute atomic E-state index is 12.9. The lowest BCUT2D eigenvalue weighted by atomic mass is 9.84. The molecule has 1 heterocycles. The van der Waals surface area contributed by atoms with Gasteiger partial charge in [0.05, 0.1) is 6.21 Å². The molecule has 1 saturated carbocycles. The number of rotatable bonds is 3. The summed E-state index contributed by atoms with van der Waals surface area (Å²) in [6, 6.07) is 6.01. The van der Waals surface area contributed by atoms with Gasteiger partial charge in [-0.3, -0.25) is 4.79 Å². The summed E-state index contributed by atoms with van der Waals surface area (Å²) in [5.41, 5.74) is 3.90. The van der Waals surface area contributed by atoms with Crippen LogP contribution in [0, 0.1) is 5.92 Å². The number of nitrogens with zero attached hydrogens (tertiary/aromatic N) is 1. The lowest BCUT2D eigenvalue weighted by Crippen LogP contribution is -2.44. The van der Waals surface area contributed by atoms with Crippen molar-refractivity contribution in [2.75, 3.05) is 0 Å². The van der Waals surface area contributed by atoms with E-state index >= 15 is 0 Å². The largest absolute Gasteiger partial charge is 0.411 e. The van der Waals surface area contributed by atoms with Crippen LogP contribution in [0.1, 0.15) is 69.1 Å². The van der Waals surface area contributed by atoms with Crippen molar-refractivity contribution >= 4 is 17.7 Å². The summed E-state index contributed by atoms with van der Waals surface area (Å²) in [5, 5.41) is 15.5. The van der Waals surface area contributed by atoms with Gasteiger partial charge in [0, 0.05) is 28.8 Å². The van der Waals surface area contributed by atoms with Crippen LogP contribution in [0.25, 0.3) is 5.70 Å². The van der Waals surface area contributed by atoms with Gasteiger partial charge < -0.3 is 10.5 Å². The molecule has 134 valence electrons. The Bertz CT molecular complexity index is 696. The molecule has 0 aromatic heterocycles. The van der Waals surface area contributed by atoms with Gasteiger partial charge in [0.1, 0.15) is 0 Å². The molecule has 1 aromatic rings. The molecule has 0 atom stereocenters. The molecule has 1 aliphatic heterocycles. The normalized spacial score (nSPS) is 22.4. The highest BCUT2D eigenvalue weighted by Gasteiger charge is 2.29. The van der Waals surface area contributed by atoms with Crippen LogP contribution in [-0.2, 0) is 11.2 Å². The van der Waals surface area contributed by atoms with Gasteiger partial charge in [0.25, 0.3) is 0 Å². The number of carbonyl (C=O) groups excluding carboxylic acids is 1. The third-order valence-corrected chi connectivity index (χ3v) is 5.28. The first-order valence-electron chi connectivity index (χ1n) is 9.33. The van der Waals surface area contributed by atoms with Gasteiger partial charge in [0.2, 0.25) is 0 Å². The Balaban J connectivity index is 1.94. The third kappa shape index (κ3) is 4.30. The number of benzene rings is 1. The predicted molar refractivity (Wildman–Crippen MR) is 101 cm³/mol. The predicted octanol–water partition coefficient (Wildman–Crippen LogP) is 4.30. The zero-order chi connectivity index (χ0) is 17.9. The fourth-order valence-electron chi connectivity index (χ4n) is 4.04. The summed E-state index contributed by atoms with van der Waals surface area (Å²) in [6.07, 6.45) is 11.0. The van der Waals surface area contributed by atoms with Crippen LogP contribution in [-0.4, -0.2) is 22.7 Å². The van der Waals surface area contributed by atoms with Gasteiger partial charge in [-0.25, -0.2) is 0 Å². The Labute approximate surface area is 150 Å². The molecular weight excluding hydrogens is 312 g/mol. The summed E-state index contributed by atoms with van der Waals surface area (Å²) in [4.78, 5) is 12.9. The molecule has 0 amide bonds. The van der Waals surface area contributed by atoms with Crippen molar-refractivity contribution < 1.29 is 10.0 Å². The van der Waals surface area contributed by atoms with E-state index in [9.17, 15) is 4.79 Å². The van der Waals surface area contributed by atoms with E-state index < -0.39 is 0 Å². The van der Waals surface area contributed by atoms with Crippen molar-refractivity contribution in [2.45, 2.75) is 64.3 Å². The highest BCUT2D eigenvalue weighted by Crippen LogP contribution is 2.31. The number of hydrogen-bond donors (Lipinski definition) is 2. The van der Waals surface area contributed by atoms with Gasteiger partial charge in [-0.1, -0.05) is 43.0 Å². The smallest absolute Gasteiger partial charge is 0.160 e. The molecule has 0 radical (unpaired) electrons. The fraction of sp³-hybridized carbons (Fsp3) is 0.524. The van der Waals surface area contributed by atoms with Crippen LogP contribution in [0.4, 0.5) is 0 Å². The van der Waals surface area contributed by atoms with E-state index in [0.717, 1.165) is 48.9 Å². The molecule has 25 heavy (non-hydrogen) atoms. The second-order valence-corrected chi connectivity index (χ2v) is 8.00. The number of carbonyl (C=O) groups is 1. The van der Waals surface area contributed by atoms with Crippen LogP contribution < -0.4 is 5.32 Å². The quantitative estimate of drug-likeness (QED) is 0.283. The Kier molecular flexibility index (Phi) is 5.26. The van der Waals surface area contributed by atoms with Crippen LogP contribution in [0.5, 0.6) is 0 Å². The fourth-order valence-corrected chi connectivity index (χ4v) is 4.04. The topological polar surface area (TPSA) is 61.7 Å². The molecule has 0 unspecified atom stereocenters. The lowest BCUT2D eigenvalue weighted by Gasteiger charge is -2.36. The van der Waals surface area contributed by atoms with E-state index in [0.29, 0.717) is 0 Å². The summed E-state index contributed by atoms with van der Waals surface area (Å²) >= 11 is 0. The number of oxime groups is 1. The van der Waals surface area contributed by atoms with E-state index in [1.54, 1.807) is 0 Å². The van der Waals surface area contributed by atoms with E-state index in [-0.39, 0.29) is 17.2 Å². The summed E-state index contributed by atoms with van der Waals surface area (Å²) < 4.78 is 0. The zero-order valence-corrected chi connectivity index (χ0v) is 15.2. The van der Waals surface area contributed by atoms with Crippen molar-refractivity contribution in [1.29, 1.82) is 0 Å². The number of ketones is 1. The Hall–Kier alpha value is -2.10. The standard InChI is InChI=1S/C21H28N2O2/c1-21(2)13-17-10-9-15(14-22-25)11-18(17)19(23-21)12-20(24)16-7-5-3-4-6-8-16/h9-12,14,16,23,25H,3-8,13H2,1-2H3. The van der Waals surface area contributed by atoms with Crippen molar-refractivity contribution in [1.82, 2.24) is 5.32 Å². The lowest BCUT2D eigenvalue weighted by molar-refractivity contribution is -0.118. The molecule has 1 aliphatic carbocycles. The second kappa shape index (κ2) is 7.42. The minimum absolute atomic E-state index is 0.0881. The summed E-state index contributed by atoms with van der Waals surface area (Å²) in [7, 11) is 0. The molecule has 4 nitrogen and oxygen atoms in total. The van der Waals surface area contributed by atoms with E-state index in [2.05, 4.69) is 30.4 Å². The van der Waals surface area contributed by atoms with Gasteiger partial charge in [0.15, 0.2) is 5.78 Å². The van der Waals surface area contributed by atoms with Gasteiger partial charge in [-0.05, 0) is 50.3 Å². The molecule has 3 rings (SSSR count). The van der Waals surface area contributed by atoms with E-state index in [1.165, 1.54) is 24.6 Å². The van der Waals surface area contributed by atoms with Gasteiger partial charge in [-0.15, -0.1) is 0 Å². The molecule has 4 heteroatoms. The van der Waals surface area contributed by atoms with Crippen LogP contribution in [0.3, 0.4) is 0 Å². The first-order valence-corrected chi connectivity index (χ1v) is 9.33. The molecular formula is C21H28N2O2. The monoisotopic (exact) mass is 340 g/mol. The van der Waals surface area contributed by atoms with Gasteiger partial charge in [-0.2, -0.15) is 0 Å². The first kappa shape index (κ1) is 17.7. The minimum atomic E-state index is -0.0881. The van der Waals surface area contributed by atoms with Crippen molar-refractivity contribution in [2.24, 2.45) is 11.1 Å². The number of fused-ring (bicyclic) bond motifs is 1. The average molecular weight is 340 g/mol. The average Bonchev–Trinajstić information content (AvgIpc) is 2.84. The number of nitrogens with one attached hydrogen (secondary N) is 1. The van der Waals surface area contributed by atoms with Crippen molar-refractivity contribution in [3.8, 4) is 0 Å². The molecule has 2 aliphatic rings. The molecule has 2 N–H and O–H groups in total. The molecule has 1 fully saturated rings. The highest BCUT2D eigenvalue weighted by atomic mass is 16.4. The number of hydrogen-bond acceptors (Lipinski definition) is 4. The minimum Gasteiger partial charge on any atom is -0.411 e. The Morgan fingerprint density at radius 2 is 1.96 bits per heavy atom. The summed E-state index contributed by atoms with van der Waals surface area (Å²) in [5.74, 6) is 0.404. The molecule has 1 aromatic carbocycles. The Morgan fingerprint density at radius 3 is 2.64 bits per heavy atom. The molecule has 0 saturated heterocycles. The van der Waals surface area contributed by atoms with E-state index in [4.69, 9.17) is 5.21 Å². The maximum Gasteiger partial charge on any atom is 0.160 e. The van der Waals surface area contributed by atoms with Crippen molar-refractivity contribution in [3.05, 3.63) is 41.0 Å². The second-order valence-electron chi connectivity index (χ2n) is 8.00. The first-order chi connectivity index (χ1) is 12.0. The highest BCUT2D eigenvalue weighted by molar-refractivity contribution is 5.99. The third-order valence-electron chi connectivity index (χ3n) is 5.28. The number of allylic oxidation sites excluding steroid dienone is 1. The molecule has 0 bridgehead atoms. The van der Waals surface area contributed by atoms with Crippen LogP contribution >= 0.6 is 0 Å². The van der Waals surface area contributed by atoms with Crippen LogP contribution in [0.2, 0.25) is 0 Å². The van der Waals surface area contributed by atoms with Gasteiger partial charge >= 0.3 is 0 Å². The van der Waals surface area contributed by atoms with E-state index in [1.807, 2.05) is 18.2 Å². The van der Waals surface area contributed by atoms with Crippen molar-refractivity contribution in [3.63, 3.8) is 0 Å². The molecule has 0 spiro atoms. The van der Waals surface area contributed by atoms with Crippen LogP contribution in [0.15, 0.2) is 29.4 Å².